The maximum atomic E-state index is 13.2. The van der Waals surface area contributed by atoms with Crippen molar-refractivity contribution in [3.63, 3.8) is 0 Å². The number of anilines is 2. The Morgan fingerprint density at radius 2 is 1.70 bits per heavy atom. The van der Waals surface area contributed by atoms with E-state index in [4.69, 9.17) is 11.6 Å². The number of rotatable bonds is 4. The Morgan fingerprint density at radius 3 is 2.40 bits per heavy atom. The Kier molecular flexibility index (Phi) is 5.49. The molecule has 0 fully saturated rings. The van der Waals surface area contributed by atoms with Crippen molar-refractivity contribution in [1.29, 1.82) is 0 Å². The van der Waals surface area contributed by atoms with Crippen molar-refractivity contribution in [2.24, 2.45) is 0 Å². The second kappa shape index (κ2) is 8.08. The number of sulfonamides is 1. The van der Waals surface area contributed by atoms with Gasteiger partial charge in [0.1, 0.15) is 5.82 Å². The van der Waals surface area contributed by atoms with Gasteiger partial charge in [-0.2, -0.15) is 0 Å². The smallest absolute Gasteiger partial charge is 0.264 e. The fourth-order valence-corrected chi connectivity index (χ4v) is 5.07. The molecule has 3 aromatic rings. The minimum absolute atomic E-state index is 0.0207. The third kappa shape index (κ3) is 4.04. The van der Waals surface area contributed by atoms with Crippen molar-refractivity contribution in [2.45, 2.75) is 17.7 Å². The third-order valence-corrected chi connectivity index (χ3v) is 7.01. The monoisotopic (exact) mass is 444 g/mol. The number of benzene rings is 3. The number of nitrogens with zero attached hydrogens (tertiary/aromatic N) is 1. The minimum Gasteiger partial charge on any atom is -0.322 e. The van der Waals surface area contributed by atoms with Gasteiger partial charge in [0, 0.05) is 22.8 Å². The topological polar surface area (TPSA) is 66.5 Å². The van der Waals surface area contributed by atoms with Crippen LogP contribution in [0.25, 0.3) is 0 Å². The number of halogens is 2. The zero-order valence-corrected chi connectivity index (χ0v) is 17.4. The molecule has 0 aliphatic carbocycles. The largest absolute Gasteiger partial charge is 0.322 e. The van der Waals surface area contributed by atoms with Crippen molar-refractivity contribution in [3.05, 3.63) is 88.7 Å². The van der Waals surface area contributed by atoms with Crippen LogP contribution in [-0.4, -0.2) is 20.9 Å². The standard InChI is InChI=1S/C22H18ClFN2O3S/c23-17-6-3-16(4-7-17)22(27)25-19-10-5-15-2-1-13-26(21(15)14-19)30(28,29)20-11-8-18(24)9-12-20/h3-12,14H,1-2,13H2,(H,25,27). The average molecular weight is 445 g/mol. The number of hydrogen-bond donors (Lipinski definition) is 1. The molecule has 1 heterocycles. The third-order valence-electron chi connectivity index (χ3n) is 4.93. The molecule has 1 N–H and O–H groups in total. The SMILES string of the molecule is O=C(Nc1ccc2c(c1)N(S(=O)(=O)c1ccc(F)cc1)CCC2)c1ccc(Cl)cc1. The molecule has 0 saturated carbocycles. The lowest BCUT2D eigenvalue weighted by Crippen LogP contribution is -2.35. The quantitative estimate of drug-likeness (QED) is 0.624. The van der Waals surface area contributed by atoms with E-state index >= 15 is 0 Å². The number of carbonyl (C=O) groups excluding carboxylic acids is 1. The first-order valence-electron chi connectivity index (χ1n) is 9.33. The van der Waals surface area contributed by atoms with Gasteiger partial charge in [0.2, 0.25) is 0 Å². The zero-order valence-electron chi connectivity index (χ0n) is 15.8. The fourth-order valence-electron chi connectivity index (χ4n) is 3.41. The summed E-state index contributed by atoms with van der Waals surface area (Å²) in [6.45, 7) is 0.307. The molecule has 0 aromatic heterocycles. The van der Waals surface area contributed by atoms with E-state index in [2.05, 4.69) is 5.32 Å². The van der Waals surface area contributed by atoms with E-state index in [1.165, 1.54) is 16.4 Å². The number of fused-ring (bicyclic) bond motifs is 1. The van der Waals surface area contributed by atoms with Crippen molar-refractivity contribution in [3.8, 4) is 0 Å². The molecule has 30 heavy (non-hydrogen) atoms. The van der Waals surface area contributed by atoms with Crippen molar-refractivity contribution >= 4 is 38.9 Å². The summed E-state index contributed by atoms with van der Waals surface area (Å²) in [4.78, 5) is 12.5. The Bertz CT molecular complexity index is 1200. The van der Waals surface area contributed by atoms with E-state index in [9.17, 15) is 17.6 Å². The Morgan fingerprint density at radius 1 is 1.00 bits per heavy atom. The van der Waals surface area contributed by atoms with Crippen LogP contribution in [0.15, 0.2) is 71.6 Å². The molecule has 0 unspecified atom stereocenters. The predicted octanol–water partition coefficient (Wildman–Crippen LogP) is 4.87. The van der Waals surface area contributed by atoms with E-state index < -0.39 is 15.8 Å². The van der Waals surface area contributed by atoms with Crippen molar-refractivity contribution < 1.29 is 17.6 Å². The number of nitrogens with one attached hydrogen (secondary N) is 1. The molecule has 0 spiro atoms. The molecule has 1 aliphatic heterocycles. The Hall–Kier alpha value is -2.90. The second-order valence-corrected chi connectivity index (χ2v) is 9.24. The van der Waals surface area contributed by atoms with Crippen LogP contribution in [0.2, 0.25) is 5.02 Å². The fraction of sp³-hybridized carbons (Fsp3) is 0.136. The molecule has 4 rings (SSSR count). The number of aryl methyl sites for hydroxylation is 1. The van der Waals surface area contributed by atoms with E-state index in [0.717, 1.165) is 24.1 Å². The normalized spacial score (nSPS) is 13.6. The Labute approximate surface area is 179 Å². The molecule has 1 aliphatic rings. The first-order chi connectivity index (χ1) is 14.3. The van der Waals surface area contributed by atoms with Gasteiger partial charge in [0.05, 0.1) is 10.6 Å². The molecule has 0 atom stereocenters. The van der Waals surface area contributed by atoms with Gasteiger partial charge in [-0.25, -0.2) is 12.8 Å². The van der Waals surface area contributed by atoms with E-state index in [1.54, 1.807) is 36.4 Å². The van der Waals surface area contributed by atoms with Crippen LogP contribution in [-0.2, 0) is 16.4 Å². The molecular formula is C22H18ClFN2O3S. The lowest BCUT2D eigenvalue weighted by Gasteiger charge is -2.31. The summed E-state index contributed by atoms with van der Waals surface area (Å²) in [5.41, 5.74) is 2.30. The first kappa shape index (κ1) is 20.4. The van der Waals surface area contributed by atoms with Crippen LogP contribution in [0.5, 0.6) is 0 Å². The highest BCUT2D eigenvalue weighted by molar-refractivity contribution is 7.92. The summed E-state index contributed by atoms with van der Waals surface area (Å²) >= 11 is 5.86. The summed E-state index contributed by atoms with van der Waals surface area (Å²) in [6.07, 6.45) is 1.40. The highest BCUT2D eigenvalue weighted by Crippen LogP contribution is 2.34. The number of carbonyl (C=O) groups is 1. The van der Waals surface area contributed by atoms with Crippen LogP contribution < -0.4 is 9.62 Å². The highest BCUT2D eigenvalue weighted by Gasteiger charge is 2.29. The molecule has 0 bridgehead atoms. The van der Waals surface area contributed by atoms with Crippen LogP contribution in [0.3, 0.4) is 0 Å². The molecular weight excluding hydrogens is 427 g/mol. The first-order valence-corrected chi connectivity index (χ1v) is 11.1. The van der Waals surface area contributed by atoms with Crippen molar-refractivity contribution in [1.82, 2.24) is 0 Å². The van der Waals surface area contributed by atoms with Crippen LogP contribution in [0.4, 0.5) is 15.8 Å². The summed E-state index contributed by atoms with van der Waals surface area (Å²) < 4.78 is 40.9. The van der Waals surface area contributed by atoms with Gasteiger partial charge in [-0.15, -0.1) is 0 Å². The van der Waals surface area contributed by atoms with Gasteiger partial charge in [0.25, 0.3) is 15.9 Å². The predicted molar refractivity (Wildman–Crippen MR) is 115 cm³/mol. The zero-order chi connectivity index (χ0) is 21.3. The lowest BCUT2D eigenvalue weighted by atomic mass is 10.0. The van der Waals surface area contributed by atoms with Crippen molar-refractivity contribution in [2.75, 3.05) is 16.2 Å². The van der Waals surface area contributed by atoms with Gasteiger partial charge in [-0.05, 0) is 79.1 Å². The van der Waals surface area contributed by atoms with Crippen LogP contribution in [0.1, 0.15) is 22.3 Å². The summed E-state index contributed by atoms with van der Waals surface area (Å²) in [6, 6.07) is 16.5. The van der Waals surface area contributed by atoms with Crippen LogP contribution in [0, 0.1) is 5.82 Å². The molecule has 1 amide bonds. The summed E-state index contributed by atoms with van der Waals surface area (Å²) in [5.74, 6) is -0.824. The van der Waals surface area contributed by atoms with Gasteiger partial charge < -0.3 is 5.32 Å². The molecule has 0 saturated heterocycles. The van der Waals surface area contributed by atoms with E-state index in [0.29, 0.717) is 34.9 Å². The molecule has 5 nitrogen and oxygen atoms in total. The minimum atomic E-state index is -3.86. The molecule has 154 valence electrons. The Balaban J connectivity index is 1.65. The second-order valence-electron chi connectivity index (χ2n) is 6.94. The van der Waals surface area contributed by atoms with Crippen LogP contribution >= 0.6 is 11.6 Å². The van der Waals surface area contributed by atoms with E-state index in [-0.39, 0.29) is 10.8 Å². The highest BCUT2D eigenvalue weighted by atomic mass is 35.5. The molecule has 3 aromatic carbocycles. The number of amides is 1. The average Bonchev–Trinajstić information content (AvgIpc) is 2.74. The maximum absolute atomic E-state index is 13.2. The maximum Gasteiger partial charge on any atom is 0.264 e. The molecule has 0 radical (unpaired) electrons. The van der Waals surface area contributed by atoms with Gasteiger partial charge in [-0.3, -0.25) is 9.10 Å². The summed E-state index contributed by atoms with van der Waals surface area (Å²) in [5, 5.41) is 3.32. The lowest BCUT2D eigenvalue weighted by molar-refractivity contribution is 0.102. The van der Waals surface area contributed by atoms with Gasteiger partial charge in [-0.1, -0.05) is 17.7 Å². The number of hydrogen-bond acceptors (Lipinski definition) is 3. The summed E-state index contributed by atoms with van der Waals surface area (Å²) in [7, 11) is -3.86. The van der Waals surface area contributed by atoms with E-state index in [1.807, 2.05) is 6.07 Å². The molecule has 8 heteroatoms. The van der Waals surface area contributed by atoms with Gasteiger partial charge >= 0.3 is 0 Å². The van der Waals surface area contributed by atoms with Gasteiger partial charge in [0.15, 0.2) is 0 Å².